The molecular formula is C18H24FN5O. The SMILES string of the molecule is CCNC(=NCc1ccon1)NC1CCCN(c2cccc(F)c2)C1. The molecule has 2 N–H and O–H groups in total. The number of nitrogens with zero attached hydrogens (tertiary/aromatic N) is 3. The van der Waals surface area contributed by atoms with Crippen LogP contribution in [0.1, 0.15) is 25.5 Å². The van der Waals surface area contributed by atoms with Crippen LogP contribution in [0.25, 0.3) is 0 Å². The zero-order valence-electron chi connectivity index (χ0n) is 14.4. The Morgan fingerprint density at radius 2 is 2.36 bits per heavy atom. The molecule has 2 aromatic rings. The average Bonchev–Trinajstić information content (AvgIpc) is 3.14. The molecule has 0 bridgehead atoms. The molecular weight excluding hydrogens is 321 g/mol. The fourth-order valence-corrected chi connectivity index (χ4v) is 2.99. The average molecular weight is 345 g/mol. The monoisotopic (exact) mass is 345 g/mol. The number of aromatic nitrogens is 1. The maximum atomic E-state index is 13.5. The minimum Gasteiger partial charge on any atom is -0.369 e. The van der Waals surface area contributed by atoms with Crippen LogP contribution in [0.2, 0.25) is 0 Å². The van der Waals surface area contributed by atoms with Crippen molar-refractivity contribution in [3.63, 3.8) is 0 Å². The van der Waals surface area contributed by atoms with Crippen molar-refractivity contribution in [1.29, 1.82) is 0 Å². The van der Waals surface area contributed by atoms with Crippen molar-refractivity contribution < 1.29 is 8.91 Å². The van der Waals surface area contributed by atoms with Gasteiger partial charge >= 0.3 is 0 Å². The summed E-state index contributed by atoms with van der Waals surface area (Å²) in [6, 6.07) is 8.84. The van der Waals surface area contributed by atoms with E-state index in [0.717, 1.165) is 49.8 Å². The van der Waals surface area contributed by atoms with Crippen molar-refractivity contribution in [1.82, 2.24) is 15.8 Å². The Bertz CT molecular complexity index is 689. The number of benzene rings is 1. The van der Waals surface area contributed by atoms with Gasteiger partial charge in [-0.3, -0.25) is 0 Å². The second-order valence-corrected chi connectivity index (χ2v) is 6.10. The summed E-state index contributed by atoms with van der Waals surface area (Å²) >= 11 is 0. The van der Waals surface area contributed by atoms with E-state index in [4.69, 9.17) is 4.52 Å². The van der Waals surface area contributed by atoms with Gasteiger partial charge < -0.3 is 20.1 Å². The highest BCUT2D eigenvalue weighted by atomic mass is 19.1. The Balaban J connectivity index is 1.62. The number of anilines is 1. The van der Waals surface area contributed by atoms with E-state index < -0.39 is 0 Å². The normalized spacial score (nSPS) is 18.2. The number of rotatable bonds is 5. The number of aliphatic imine (C=N–C) groups is 1. The zero-order chi connectivity index (χ0) is 17.5. The van der Waals surface area contributed by atoms with Crippen LogP contribution in [0.15, 0.2) is 46.1 Å². The molecule has 2 heterocycles. The molecule has 1 aliphatic heterocycles. The van der Waals surface area contributed by atoms with Crippen molar-refractivity contribution in [3.05, 3.63) is 48.1 Å². The molecule has 6 nitrogen and oxygen atoms in total. The van der Waals surface area contributed by atoms with Crippen LogP contribution >= 0.6 is 0 Å². The van der Waals surface area contributed by atoms with Crippen LogP contribution in [-0.4, -0.2) is 36.8 Å². The van der Waals surface area contributed by atoms with Crippen molar-refractivity contribution in [2.24, 2.45) is 4.99 Å². The fraction of sp³-hybridized carbons (Fsp3) is 0.444. The number of piperidine rings is 1. The van der Waals surface area contributed by atoms with Gasteiger partial charge in [0.2, 0.25) is 0 Å². The van der Waals surface area contributed by atoms with E-state index in [1.54, 1.807) is 24.5 Å². The van der Waals surface area contributed by atoms with Crippen molar-refractivity contribution in [3.8, 4) is 0 Å². The minimum atomic E-state index is -0.199. The Morgan fingerprint density at radius 3 is 3.12 bits per heavy atom. The number of guanidine groups is 1. The third-order valence-electron chi connectivity index (χ3n) is 4.17. The molecule has 0 aliphatic carbocycles. The molecule has 0 saturated carbocycles. The second kappa shape index (κ2) is 8.50. The van der Waals surface area contributed by atoms with Gasteiger partial charge in [-0.2, -0.15) is 0 Å². The second-order valence-electron chi connectivity index (χ2n) is 6.10. The van der Waals surface area contributed by atoms with E-state index in [0.29, 0.717) is 6.54 Å². The lowest BCUT2D eigenvalue weighted by molar-refractivity contribution is 0.412. The van der Waals surface area contributed by atoms with Gasteiger partial charge in [0, 0.05) is 37.4 Å². The Kier molecular flexibility index (Phi) is 5.87. The molecule has 1 saturated heterocycles. The lowest BCUT2D eigenvalue weighted by Crippen LogP contribution is -2.51. The number of nitrogens with one attached hydrogen (secondary N) is 2. The molecule has 25 heavy (non-hydrogen) atoms. The first-order chi connectivity index (χ1) is 12.2. The van der Waals surface area contributed by atoms with E-state index in [1.807, 2.05) is 13.0 Å². The highest BCUT2D eigenvalue weighted by molar-refractivity contribution is 5.80. The smallest absolute Gasteiger partial charge is 0.191 e. The summed E-state index contributed by atoms with van der Waals surface area (Å²) in [5.41, 5.74) is 1.72. The predicted molar refractivity (Wildman–Crippen MR) is 96.1 cm³/mol. The van der Waals surface area contributed by atoms with Gasteiger partial charge in [-0.25, -0.2) is 9.38 Å². The molecule has 1 aliphatic rings. The molecule has 0 spiro atoms. The van der Waals surface area contributed by atoms with E-state index in [-0.39, 0.29) is 11.9 Å². The summed E-state index contributed by atoms with van der Waals surface area (Å²) in [5, 5.41) is 10.6. The Hall–Kier alpha value is -2.57. The lowest BCUT2D eigenvalue weighted by Gasteiger charge is -2.35. The van der Waals surface area contributed by atoms with E-state index in [2.05, 4.69) is 25.7 Å². The first kappa shape index (κ1) is 17.3. The van der Waals surface area contributed by atoms with Crippen LogP contribution in [-0.2, 0) is 6.54 Å². The number of hydrogen-bond donors (Lipinski definition) is 2. The summed E-state index contributed by atoms with van der Waals surface area (Å²) in [6.45, 7) is 5.04. The largest absolute Gasteiger partial charge is 0.369 e. The Labute approximate surface area is 147 Å². The Morgan fingerprint density at radius 1 is 1.44 bits per heavy atom. The minimum absolute atomic E-state index is 0.199. The molecule has 0 radical (unpaired) electrons. The van der Waals surface area contributed by atoms with Crippen LogP contribution in [0.5, 0.6) is 0 Å². The first-order valence-electron chi connectivity index (χ1n) is 8.69. The summed E-state index contributed by atoms with van der Waals surface area (Å²) in [7, 11) is 0. The van der Waals surface area contributed by atoms with Gasteiger partial charge in [0.05, 0.1) is 6.54 Å². The third-order valence-corrected chi connectivity index (χ3v) is 4.17. The van der Waals surface area contributed by atoms with E-state index >= 15 is 0 Å². The predicted octanol–water partition coefficient (Wildman–Crippen LogP) is 2.54. The fourth-order valence-electron chi connectivity index (χ4n) is 2.99. The van der Waals surface area contributed by atoms with Gasteiger partial charge in [0.25, 0.3) is 0 Å². The highest BCUT2D eigenvalue weighted by Gasteiger charge is 2.21. The summed E-state index contributed by atoms with van der Waals surface area (Å²) < 4.78 is 18.3. The van der Waals surface area contributed by atoms with Crippen molar-refractivity contribution in [2.75, 3.05) is 24.5 Å². The molecule has 1 unspecified atom stereocenters. The number of halogens is 1. The molecule has 1 atom stereocenters. The molecule has 3 rings (SSSR count). The molecule has 1 aromatic carbocycles. The summed E-state index contributed by atoms with van der Waals surface area (Å²) in [6.07, 6.45) is 3.65. The van der Waals surface area contributed by atoms with Crippen molar-refractivity contribution in [2.45, 2.75) is 32.4 Å². The summed E-state index contributed by atoms with van der Waals surface area (Å²) in [5.74, 6) is 0.562. The zero-order valence-corrected chi connectivity index (χ0v) is 14.4. The van der Waals surface area contributed by atoms with Gasteiger partial charge in [-0.05, 0) is 38.0 Å². The number of hydrogen-bond acceptors (Lipinski definition) is 4. The van der Waals surface area contributed by atoms with Crippen LogP contribution in [0, 0.1) is 5.82 Å². The molecule has 1 aromatic heterocycles. The topological polar surface area (TPSA) is 65.7 Å². The van der Waals surface area contributed by atoms with Crippen LogP contribution < -0.4 is 15.5 Å². The molecule has 0 amide bonds. The standard InChI is InChI=1S/C18H24FN5O/c1-2-20-18(21-12-15-8-10-25-23-15)22-16-6-4-9-24(13-16)17-7-3-5-14(19)11-17/h3,5,7-8,10-11,16H,2,4,6,9,12-13H2,1H3,(H2,20,21,22). The highest BCUT2D eigenvalue weighted by Crippen LogP contribution is 2.20. The van der Waals surface area contributed by atoms with Gasteiger partial charge in [-0.1, -0.05) is 11.2 Å². The van der Waals surface area contributed by atoms with Crippen LogP contribution in [0.4, 0.5) is 10.1 Å². The quantitative estimate of drug-likeness (QED) is 0.644. The van der Waals surface area contributed by atoms with E-state index in [1.165, 1.54) is 6.07 Å². The van der Waals surface area contributed by atoms with Gasteiger partial charge in [0.1, 0.15) is 17.8 Å². The van der Waals surface area contributed by atoms with Gasteiger partial charge in [0.15, 0.2) is 5.96 Å². The van der Waals surface area contributed by atoms with E-state index in [9.17, 15) is 4.39 Å². The van der Waals surface area contributed by atoms with Crippen LogP contribution in [0.3, 0.4) is 0 Å². The lowest BCUT2D eigenvalue weighted by atomic mass is 10.0. The third kappa shape index (κ3) is 4.95. The molecule has 134 valence electrons. The maximum Gasteiger partial charge on any atom is 0.191 e. The van der Waals surface area contributed by atoms with Gasteiger partial charge in [-0.15, -0.1) is 0 Å². The molecule has 7 heteroatoms. The maximum absolute atomic E-state index is 13.5. The molecule has 1 fully saturated rings. The summed E-state index contributed by atoms with van der Waals surface area (Å²) in [4.78, 5) is 6.77. The van der Waals surface area contributed by atoms with Crippen molar-refractivity contribution >= 4 is 11.6 Å². The first-order valence-corrected chi connectivity index (χ1v) is 8.69.